The zero-order valence-corrected chi connectivity index (χ0v) is 26.7. The Kier molecular flexibility index (Phi) is 7.06. The lowest BCUT2D eigenvalue weighted by molar-refractivity contribution is 1.04. The summed E-state index contributed by atoms with van der Waals surface area (Å²) in [5.74, 6) is 0. The third kappa shape index (κ3) is 4.86. The summed E-state index contributed by atoms with van der Waals surface area (Å²) in [5, 5.41) is 7.60. The Hall–Kier alpha value is -5.98. The first-order valence-corrected chi connectivity index (χ1v) is 16.9. The van der Waals surface area contributed by atoms with Crippen LogP contribution in [0, 0.1) is 0 Å². The Morgan fingerprint density at radius 2 is 0.854 bits per heavy atom. The molecular formula is C48H34. The molecule has 0 nitrogen and oxygen atoms in total. The van der Waals surface area contributed by atoms with Crippen LogP contribution in [0.5, 0.6) is 0 Å². The fraction of sp³-hybridized carbons (Fsp3) is 0.0417. The van der Waals surface area contributed by atoms with Crippen LogP contribution in [-0.2, 0) is 0 Å². The van der Waals surface area contributed by atoms with Gasteiger partial charge in [-0.2, -0.15) is 0 Å². The van der Waals surface area contributed by atoms with Crippen LogP contribution in [0.25, 0.3) is 82.4 Å². The lowest BCUT2D eigenvalue weighted by atomic mass is 9.78. The summed E-state index contributed by atoms with van der Waals surface area (Å²) < 4.78 is 0. The molecule has 0 radical (unpaired) electrons. The van der Waals surface area contributed by atoms with Crippen molar-refractivity contribution in [2.75, 3.05) is 0 Å². The SMILES string of the molecule is C1=CC(c2cc(-c3ccccc3)cc(-c3ccccc3)c2-c2c3ccccc3c(-c3ccccc3)c3cc4ccccc4cc23)=CCC1. The molecule has 0 heterocycles. The number of hydrogen-bond donors (Lipinski definition) is 0. The van der Waals surface area contributed by atoms with Gasteiger partial charge in [0.1, 0.15) is 0 Å². The molecule has 0 spiro atoms. The first kappa shape index (κ1) is 28.3. The van der Waals surface area contributed by atoms with E-state index in [4.69, 9.17) is 0 Å². The molecule has 0 amide bonds. The normalized spacial score (nSPS) is 12.9. The minimum atomic E-state index is 1.04. The summed E-state index contributed by atoms with van der Waals surface area (Å²) >= 11 is 0. The first-order valence-electron chi connectivity index (χ1n) is 16.9. The molecule has 0 heteroatoms. The average molecular weight is 611 g/mol. The van der Waals surface area contributed by atoms with Gasteiger partial charge in [0.25, 0.3) is 0 Å². The molecule has 48 heavy (non-hydrogen) atoms. The maximum Gasteiger partial charge on any atom is -0.00137 e. The van der Waals surface area contributed by atoms with Crippen molar-refractivity contribution in [2.45, 2.75) is 12.8 Å². The van der Waals surface area contributed by atoms with Gasteiger partial charge in [-0.05, 0) is 125 Å². The monoisotopic (exact) mass is 610 g/mol. The van der Waals surface area contributed by atoms with Gasteiger partial charge in [0.2, 0.25) is 0 Å². The van der Waals surface area contributed by atoms with Crippen LogP contribution < -0.4 is 0 Å². The van der Waals surface area contributed by atoms with Crippen molar-refractivity contribution in [3.63, 3.8) is 0 Å². The molecule has 226 valence electrons. The number of benzene rings is 8. The standard InChI is InChI=1S/C48H34/c1-5-17-33(18-6-1)39-31-42(34-19-7-2-8-20-34)48(43(32-39)35-21-9-3-10-22-35)47-41-28-16-15-27-40(41)46(36-23-11-4-12-24-36)44-29-37-25-13-14-26-38(37)30-45(44)47/h1-2,4-9,11-32H,3,10H2. The van der Waals surface area contributed by atoms with Gasteiger partial charge >= 0.3 is 0 Å². The van der Waals surface area contributed by atoms with Crippen LogP contribution in [0.15, 0.2) is 182 Å². The van der Waals surface area contributed by atoms with Crippen LogP contribution in [0.4, 0.5) is 0 Å². The second kappa shape index (κ2) is 12.0. The Bertz CT molecular complexity index is 2520. The summed E-state index contributed by atoms with van der Waals surface area (Å²) in [6, 6.07) is 60.3. The lowest BCUT2D eigenvalue weighted by Gasteiger charge is -2.24. The zero-order chi connectivity index (χ0) is 31.9. The molecule has 0 fully saturated rings. The topological polar surface area (TPSA) is 0 Å². The Labute approximate surface area is 282 Å². The number of allylic oxidation sites excluding steroid dienone is 4. The van der Waals surface area contributed by atoms with Crippen molar-refractivity contribution in [3.05, 3.63) is 188 Å². The molecule has 8 aromatic rings. The molecular weight excluding hydrogens is 577 g/mol. The van der Waals surface area contributed by atoms with Crippen molar-refractivity contribution >= 4 is 37.9 Å². The predicted octanol–water partition coefficient (Wildman–Crippen LogP) is 13.5. The molecule has 8 aromatic carbocycles. The van der Waals surface area contributed by atoms with E-state index in [1.54, 1.807) is 0 Å². The Morgan fingerprint density at radius 3 is 1.48 bits per heavy atom. The molecule has 0 saturated carbocycles. The van der Waals surface area contributed by atoms with Crippen LogP contribution in [-0.4, -0.2) is 0 Å². The van der Waals surface area contributed by atoms with Gasteiger partial charge in [-0.15, -0.1) is 0 Å². The highest BCUT2D eigenvalue weighted by Gasteiger charge is 2.24. The van der Waals surface area contributed by atoms with Gasteiger partial charge in [0, 0.05) is 0 Å². The molecule has 0 aliphatic heterocycles. The second-order valence-electron chi connectivity index (χ2n) is 12.7. The van der Waals surface area contributed by atoms with E-state index >= 15 is 0 Å². The second-order valence-corrected chi connectivity index (χ2v) is 12.7. The molecule has 9 rings (SSSR count). The fourth-order valence-electron chi connectivity index (χ4n) is 7.64. The van der Waals surface area contributed by atoms with Crippen molar-refractivity contribution in [1.82, 2.24) is 0 Å². The summed E-state index contributed by atoms with van der Waals surface area (Å²) in [6.45, 7) is 0. The third-order valence-corrected chi connectivity index (χ3v) is 9.84. The van der Waals surface area contributed by atoms with Crippen LogP contribution in [0.3, 0.4) is 0 Å². The van der Waals surface area contributed by atoms with Crippen LogP contribution >= 0.6 is 0 Å². The van der Waals surface area contributed by atoms with Crippen molar-refractivity contribution in [2.24, 2.45) is 0 Å². The van der Waals surface area contributed by atoms with Crippen molar-refractivity contribution < 1.29 is 0 Å². The Balaban J connectivity index is 1.51. The lowest BCUT2D eigenvalue weighted by Crippen LogP contribution is -1.99. The van der Waals surface area contributed by atoms with Gasteiger partial charge < -0.3 is 0 Å². The summed E-state index contributed by atoms with van der Waals surface area (Å²) in [4.78, 5) is 0. The van der Waals surface area contributed by atoms with E-state index in [0.717, 1.165) is 12.8 Å². The van der Waals surface area contributed by atoms with Crippen LogP contribution in [0.1, 0.15) is 18.4 Å². The highest BCUT2D eigenvalue weighted by Crippen LogP contribution is 2.50. The third-order valence-electron chi connectivity index (χ3n) is 9.84. The van der Waals surface area contributed by atoms with Gasteiger partial charge in [-0.3, -0.25) is 0 Å². The van der Waals surface area contributed by atoms with E-state index < -0.39 is 0 Å². The number of fused-ring (bicyclic) bond motifs is 3. The molecule has 0 N–H and O–H groups in total. The van der Waals surface area contributed by atoms with Crippen molar-refractivity contribution in [1.29, 1.82) is 0 Å². The molecule has 0 bridgehead atoms. The molecule has 0 aromatic heterocycles. The fourth-order valence-corrected chi connectivity index (χ4v) is 7.64. The molecule has 0 saturated heterocycles. The number of rotatable bonds is 5. The van der Waals surface area contributed by atoms with Gasteiger partial charge in [-0.1, -0.05) is 158 Å². The van der Waals surface area contributed by atoms with Gasteiger partial charge in [0.05, 0.1) is 0 Å². The highest BCUT2D eigenvalue weighted by atomic mass is 14.3. The maximum atomic E-state index is 2.44. The molecule has 1 aliphatic carbocycles. The molecule has 0 unspecified atom stereocenters. The largest absolute Gasteiger partial charge is 0.0836 e. The smallest absolute Gasteiger partial charge is 0.00137 e. The summed E-state index contributed by atoms with van der Waals surface area (Å²) in [6.07, 6.45) is 9.22. The quantitative estimate of drug-likeness (QED) is 0.170. The van der Waals surface area contributed by atoms with Gasteiger partial charge in [-0.25, -0.2) is 0 Å². The summed E-state index contributed by atoms with van der Waals surface area (Å²) in [5.41, 5.74) is 12.6. The van der Waals surface area contributed by atoms with E-state index in [2.05, 4.69) is 182 Å². The number of hydrogen-bond acceptors (Lipinski definition) is 0. The minimum absolute atomic E-state index is 1.04. The first-order chi connectivity index (χ1) is 23.8. The molecule has 1 aliphatic rings. The highest BCUT2D eigenvalue weighted by molar-refractivity contribution is 6.25. The van der Waals surface area contributed by atoms with Crippen LogP contribution in [0.2, 0.25) is 0 Å². The molecule has 0 atom stereocenters. The van der Waals surface area contributed by atoms with Gasteiger partial charge in [0.15, 0.2) is 0 Å². The van der Waals surface area contributed by atoms with Crippen molar-refractivity contribution in [3.8, 4) is 44.5 Å². The maximum absolute atomic E-state index is 2.44. The van der Waals surface area contributed by atoms with E-state index in [9.17, 15) is 0 Å². The van der Waals surface area contributed by atoms with E-state index in [0.29, 0.717) is 0 Å². The predicted molar refractivity (Wildman–Crippen MR) is 207 cm³/mol. The average Bonchev–Trinajstić information content (AvgIpc) is 3.17. The minimum Gasteiger partial charge on any atom is -0.0836 e. The van der Waals surface area contributed by atoms with E-state index in [-0.39, 0.29) is 0 Å². The van der Waals surface area contributed by atoms with E-state index in [1.165, 1.54) is 88.0 Å². The van der Waals surface area contributed by atoms with E-state index in [1.807, 2.05) is 0 Å². The zero-order valence-electron chi connectivity index (χ0n) is 26.7. The summed E-state index contributed by atoms with van der Waals surface area (Å²) in [7, 11) is 0. The Morgan fingerprint density at radius 1 is 0.333 bits per heavy atom.